The maximum atomic E-state index is 12.3. The fourth-order valence-corrected chi connectivity index (χ4v) is 3.08. The van der Waals surface area contributed by atoms with Crippen LogP contribution in [-0.2, 0) is 11.3 Å². The molecule has 8 nitrogen and oxygen atoms in total. The molecule has 4 rings (SSSR count). The molecule has 28 heavy (non-hydrogen) atoms. The largest absolute Gasteiger partial charge is 0.451 e. The summed E-state index contributed by atoms with van der Waals surface area (Å²) in [5.74, 6) is -1.39. The Hall–Kier alpha value is -3.81. The van der Waals surface area contributed by atoms with Crippen molar-refractivity contribution in [2.75, 3.05) is 0 Å². The number of carbonyl (C=O) groups is 2. The number of carbonyl (C=O) groups excluding carboxylic acids is 2. The van der Waals surface area contributed by atoms with Gasteiger partial charge in [-0.05, 0) is 25.1 Å². The van der Waals surface area contributed by atoms with E-state index in [2.05, 4.69) is 10.9 Å². The normalized spacial score (nSPS) is 11.0. The number of nitrogens with one attached hydrogen (secondary N) is 2. The van der Waals surface area contributed by atoms with E-state index in [1.54, 1.807) is 37.3 Å². The Labute approximate surface area is 158 Å². The van der Waals surface area contributed by atoms with Gasteiger partial charge in [0.1, 0.15) is 5.58 Å². The fraction of sp³-hybridized carbons (Fsp3) is 0.150. The molecule has 0 aliphatic heterocycles. The van der Waals surface area contributed by atoms with Crippen LogP contribution in [0, 0.1) is 6.92 Å². The second-order valence-electron chi connectivity index (χ2n) is 6.29. The van der Waals surface area contributed by atoms with Crippen molar-refractivity contribution in [3.8, 4) is 0 Å². The Kier molecular flexibility index (Phi) is 4.44. The molecule has 0 spiro atoms. The first-order valence-electron chi connectivity index (χ1n) is 8.70. The second kappa shape index (κ2) is 7.07. The highest BCUT2D eigenvalue weighted by Crippen LogP contribution is 2.24. The summed E-state index contributed by atoms with van der Waals surface area (Å²) in [6, 6.07) is 14.3. The third-order valence-corrected chi connectivity index (χ3v) is 4.50. The average molecular weight is 379 g/mol. The van der Waals surface area contributed by atoms with Crippen LogP contribution in [0.1, 0.15) is 22.5 Å². The Morgan fingerprint density at radius 1 is 0.964 bits per heavy atom. The quantitative estimate of drug-likeness (QED) is 0.530. The molecular weight excluding hydrogens is 362 g/mol. The van der Waals surface area contributed by atoms with Gasteiger partial charge in [-0.15, -0.1) is 0 Å². The Morgan fingerprint density at radius 2 is 1.68 bits per heavy atom. The van der Waals surface area contributed by atoms with Crippen LogP contribution in [0.2, 0.25) is 0 Å². The van der Waals surface area contributed by atoms with Crippen molar-refractivity contribution in [2.24, 2.45) is 0 Å². The highest BCUT2D eigenvalue weighted by atomic mass is 16.4. The van der Waals surface area contributed by atoms with Gasteiger partial charge in [-0.3, -0.25) is 25.0 Å². The van der Waals surface area contributed by atoms with Gasteiger partial charge in [-0.2, -0.15) is 0 Å². The van der Waals surface area contributed by atoms with E-state index in [-0.39, 0.29) is 18.7 Å². The summed E-state index contributed by atoms with van der Waals surface area (Å²) in [5.41, 5.74) is 7.04. The summed E-state index contributed by atoms with van der Waals surface area (Å²) in [7, 11) is 0. The minimum Gasteiger partial charge on any atom is -0.451 e. The fourth-order valence-electron chi connectivity index (χ4n) is 3.08. The molecule has 2 amide bonds. The lowest BCUT2D eigenvalue weighted by atomic mass is 10.1. The third kappa shape index (κ3) is 3.16. The number of hydrazine groups is 1. The number of furan rings is 1. The predicted octanol–water partition coefficient (Wildman–Crippen LogP) is 2.50. The van der Waals surface area contributed by atoms with Crippen LogP contribution in [-0.4, -0.2) is 16.4 Å². The molecule has 2 heterocycles. The SMILES string of the molecule is Cc1c(C(=O)NNC(=O)CCn2c(=O)oc3ccccc32)oc2ccccc12. The van der Waals surface area contributed by atoms with E-state index in [4.69, 9.17) is 8.83 Å². The van der Waals surface area contributed by atoms with Crippen LogP contribution in [0.15, 0.2) is 62.2 Å². The molecule has 0 aliphatic rings. The zero-order valence-corrected chi connectivity index (χ0v) is 15.0. The van der Waals surface area contributed by atoms with Gasteiger partial charge in [0.15, 0.2) is 11.3 Å². The van der Waals surface area contributed by atoms with E-state index in [1.165, 1.54) is 4.57 Å². The van der Waals surface area contributed by atoms with Crippen molar-refractivity contribution >= 4 is 33.9 Å². The molecule has 2 aromatic heterocycles. The molecule has 8 heteroatoms. The van der Waals surface area contributed by atoms with Crippen molar-refractivity contribution in [1.82, 2.24) is 15.4 Å². The first kappa shape index (κ1) is 17.6. The van der Waals surface area contributed by atoms with Gasteiger partial charge in [0.05, 0.1) is 5.52 Å². The van der Waals surface area contributed by atoms with Crippen molar-refractivity contribution in [1.29, 1.82) is 0 Å². The van der Waals surface area contributed by atoms with Crippen molar-refractivity contribution in [2.45, 2.75) is 19.9 Å². The van der Waals surface area contributed by atoms with Crippen LogP contribution in [0.4, 0.5) is 0 Å². The number of fused-ring (bicyclic) bond motifs is 2. The third-order valence-electron chi connectivity index (χ3n) is 4.50. The maximum Gasteiger partial charge on any atom is 0.419 e. The topological polar surface area (TPSA) is 106 Å². The molecule has 2 aromatic carbocycles. The summed E-state index contributed by atoms with van der Waals surface area (Å²) in [6.07, 6.45) is -0.0111. The number of para-hydroxylation sites is 3. The maximum absolute atomic E-state index is 12.3. The monoisotopic (exact) mass is 379 g/mol. The summed E-state index contributed by atoms with van der Waals surface area (Å²) in [4.78, 5) is 36.3. The number of aromatic nitrogens is 1. The minimum atomic E-state index is -0.548. The second-order valence-corrected chi connectivity index (χ2v) is 6.29. The molecule has 0 fully saturated rings. The zero-order chi connectivity index (χ0) is 19.7. The Morgan fingerprint density at radius 3 is 2.46 bits per heavy atom. The van der Waals surface area contributed by atoms with Crippen molar-refractivity contribution < 1.29 is 18.4 Å². The number of hydrogen-bond donors (Lipinski definition) is 2. The minimum absolute atomic E-state index is 0.0111. The predicted molar refractivity (Wildman–Crippen MR) is 102 cm³/mol. The van der Waals surface area contributed by atoms with Gasteiger partial charge in [0.25, 0.3) is 0 Å². The molecule has 0 aliphatic carbocycles. The van der Waals surface area contributed by atoms with Gasteiger partial charge in [-0.1, -0.05) is 30.3 Å². The summed E-state index contributed by atoms with van der Waals surface area (Å²) in [5, 5.41) is 0.838. The molecule has 0 radical (unpaired) electrons. The smallest absolute Gasteiger partial charge is 0.419 e. The van der Waals surface area contributed by atoms with E-state index in [1.807, 2.05) is 18.2 Å². The lowest BCUT2D eigenvalue weighted by molar-refractivity contribution is -0.122. The highest BCUT2D eigenvalue weighted by Gasteiger charge is 2.18. The molecule has 0 saturated carbocycles. The average Bonchev–Trinajstić information content (AvgIpc) is 3.21. The number of amides is 2. The number of benzene rings is 2. The highest BCUT2D eigenvalue weighted by molar-refractivity contribution is 5.99. The van der Waals surface area contributed by atoms with Gasteiger partial charge in [0, 0.05) is 23.9 Å². The Bertz CT molecular complexity index is 1250. The molecular formula is C20H17N3O5. The number of nitrogens with zero attached hydrogens (tertiary/aromatic N) is 1. The van der Waals surface area contributed by atoms with Crippen LogP contribution < -0.4 is 16.6 Å². The van der Waals surface area contributed by atoms with Gasteiger partial charge < -0.3 is 8.83 Å². The van der Waals surface area contributed by atoms with Gasteiger partial charge in [-0.25, -0.2) is 4.79 Å². The summed E-state index contributed by atoms with van der Waals surface area (Å²) >= 11 is 0. The van der Waals surface area contributed by atoms with E-state index >= 15 is 0 Å². The number of rotatable bonds is 4. The molecule has 0 unspecified atom stereocenters. The number of aryl methyl sites for hydroxylation is 2. The van der Waals surface area contributed by atoms with E-state index in [9.17, 15) is 14.4 Å². The van der Waals surface area contributed by atoms with E-state index in [0.29, 0.717) is 22.2 Å². The summed E-state index contributed by atoms with van der Waals surface area (Å²) < 4.78 is 12.1. The molecule has 0 bridgehead atoms. The van der Waals surface area contributed by atoms with E-state index in [0.717, 1.165) is 5.39 Å². The molecule has 4 aromatic rings. The number of hydrogen-bond acceptors (Lipinski definition) is 5. The van der Waals surface area contributed by atoms with Gasteiger partial charge >= 0.3 is 11.7 Å². The molecule has 0 atom stereocenters. The van der Waals surface area contributed by atoms with Crippen molar-refractivity contribution in [3.63, 3.8) is 0 Å². The van der Waals surface area contributed by atoms with Crippen LogP contribution >= 0.6 is 0 Å². The molecule has 142 valence electrons. The lowest BCUT2D eigenvalue weighted by Gasteiger charge is -2.07. The lowest BCUT2D eigenvalue weighted by Crippen LogP contribution is -2.42. The summed E-state index contributed by atoms with van der Waals surface area (Å²) in [6.45, 7) is 1.90. The van der Waals surface area contributed by atoms with Gasteiger partial charge in [0.2, 0.25) is 5.91 Å². The van der Waals surface area contributed by atoms with Crippen molar-refractivity contribution in [3.05, 3.63) is 70.4 Å². The van der Waals surface area contributed by atoms with Crippen LogP contribution in [0.25, 0.3) is 22.1 Å². The Balaban J connectivity index is 1.39. The first-order chi connectivity index (χ1) is 13.5. The van der Waals surface area contributed by atoms with Crippen LogP contribution in [0.5, 0.6) is 0 Å². The molecule has 0 saturated heterocycles. The molecule has 2 N–H and O–H groups in total. The standard InChI is InChI=1S/C20H17N3O5/c1-12-13-6-2-4-8-15(13)27-18(12)19(25)22-21-17(24)10-11-23-14-7-3-5-9-16(14)28-20(23)26/h2-9H,10-11H2,1H3,(H,21,24)(H,22,25). The van der Waals surface area contributed by atoms with Crippen LogP contribution in [0.3, 0.4) is 0 Å². The number of oxazole rings is 1. The van der Waals surface area contributed by atoms with E-state index < -0.39 is 17.6 Å². The first-order valence-corrected chi connectivity index (χ1v) is 8.70. The zero-order valence-electron chi connectivity index (χ0n) is 15.0.